The Morgan fingerprint density at radius 2 is 1.00 bits per heavy atom. The Morgan fingerprint density at radius 1 is 1.00 bits per heavy atom. The summed E-state index contributed by atoms with van der Waals surface area (Å²) in [5.41, 5.74) is 0. The van der Waals surface area contributed by atoms with Crippen LogP contribution in [-0.4, -0.2) is 161 Å². The Morgan fingerprint density at radius 3 is 1.00 bits per heavy atom. The molecule has 0 aliphatic rings. The van der Waals surface area contributed by atoms with Crippen LogP contribution in [0.4, 0.5) is 0 Å². The fourth-order valence-electron chi connectivity index (χ4n) is 0. The molecule has 0 fully saturated rings. The van der Waals surface area contributed by atoms with Gasteiger partial charge in [-0.25, -0.2) is 0 Å². The average molecular weight is 270 g/mol. The van der Waals surface area contributed by atoms with E-state index in [9.17, 15) is 0 Å². The SMILES string of the molecule is O.[AlH3].[BaH2].[CaH2].[KH]. The van der Waals surface area contributed by atoms with Gasteiger partial charge in [-0.15, -0.1) is 0 Å². The zero-order valence-electron chi connectivity index (χ0n) is 0.500. The second kappa shape index (κ2) is 23.1. The number of rotatable bonds is 0. The van der Waals surface area contributed by atoms with Gasteiger partial charge < -0.3 is 5.48 Å². The summed E-state index contributed by atoms with van der Waals surface area (Å²) in [7, 11) is 0. The van der Waals surface area contributed by atoms with Crippen molar-refractivity contribution >= 4 is 155 Å². The summed E-state index contributed by atoms with van der Waals surface area (Å²) in [5.74, 6) is 0. The van der Waals surface area contributed by atoms with E-state index in [-0.39, 0.29) is 161 Å². The third-order valence-electron chi connectivity index (χ3n) is 0. The fourth-order valence-corrected chi connectivity index (χ4v) is 0. The summed E-state index contributed by atoms with van der Waals surface area (Å²) in [6.45, 7) is 0. The molecular weight excluding hydrogens is 259 g/mol. The van der Waals surface area contributed by atoms with E-state index in [0.29, 0.717) is 0 Å². The molecule has 5 heteroatoms. The van der Waals surface area contributed by atoms with Crippen molar-refractivity contribution in [2.45, 2.75) is 0 Å². The minimum absolute atomic E-state index is 0. The van der Waals surface area contributed by atoms with Gasteiger partial charge in [0, 0.05) is 0 Å². The second-order valence-corrected chi connectivity index (χ2v) is 0. The second-order valence-electron chi connectivity index (χ2n) is 0. The van der Waals surface area contributed by atoms with Crippen molar-refractivity contribution in [3.8, 4) is 0 Å². The predicted octanol–water partition coefficient (Wildman–Crippen LogP) is -4.49. The monoisotopic (exact) mass is 270 g/mol. The topological polar surface area (TPSA) is 31.5 Å². The van der Waals surface area contributed by atoms with Crippen molar-refractivity contribution in [3.63, 3.8) is 0 Å². The zero-order valence-corrected chi connectivity index (χ0v) is 0.500. The summed E-state index contributed by atoms with van der Waals surface area (Å²) in [6.07, 6.45) is 0. The van der Waals surface area contributed by atoms with Gasteiger partial charge in [-0.2, -0.15) is 0 Å². The first-order valence-corrected chi connectivity index (χ1v) is 0. The Labute approximate surface area is 155 Å². The Kier molecular flexibility index (Phi) is 150. The van der Waals surface area contributed by atoms with E-state index in [1.807, 2.05) is 0 Å². The molecule has 0 heterocycles. The third-order valence-corrected chi connectivity index (χ3v) is 0. The van der Waals surface area contributed by atoms with Gasteiger partial charge in [0.05, 0.1) is 0 Å². The van der Waals surface area contributed by atoms with Gasteiger partial charge in [0.2, 0.25) is 0 Å². The van der Waals surface area contributed by atoms with Crippen LogP contribution in [0.5, 0.6) is 0 Å². The average Bonchev–Trinajstić information content (AvgIpc) is 0. The molecule has 2 N–H and O–H groups in total. The predicted molar refractivity (Wildman–Crippen MR) is 37.8 cm³/mol. The summed E-state index contributed by atoms with van der Waals surface area (Å²) < 4.78 is 0. The third kappa shape index (κ3) is 17.6. The molecule has 0 atom stereocenters. The Hall–Kier alpha value is 4.96. The fraction of sp³-hybridized carbons (Fsp3) is 0. The van der Waals surface area contributed by atoms with Crippen LogP contribution in [0.3, 0.4) is 0 Å². The van der Waals surface area contributed by atoms with Crippen LogP contribution in [-0.2, 0) is 0 Å². The van der Waals surface area contributed by atoms with Gasteiger partial charge in [0.15, 0.2) is 17.4 Å². The van der Waals surface area contributed by atoms with E-state index in [4.69, 9.17) is 0 Å². The molecule has 5 heavy (non-hydrogen) atoms. The first-order chi connectivity index (χ1) is 0. The van der Waals surface area contributed by atoms with E-state index in [1.54, 1.807) is 0 Å². The van der Waals surface area contributed by atoms with Gasteiger partial charge in [-0.3, -0.25) is 0 Å². The summed E-state index contributed by atoms with van der Waals surface area (Å²) >= 11 is 0. The van der Waals surface area contributed by atoms with Gasteiger partial charge in [0.1, 0.15) is 0 Å². The molecule has 24 valence electrons. The quantitative estimate of drug-likeness (QED) is 0.397. The maximum absolute atomic E-state index is 0. The maximum atomic E-state index is 0. The molecule has 0 spiro atoms. The zero-order chi connectivity index (χ0) is 0. The molecule has 0 aromatic carbocycles. The summed E-state index contributed by atoms with van der Waals surface area (Å²) in [5, 5.41) is 0. The van der Waals surface area contributed by atoms with Crippen LogP contribution in [0.15, 0.2) is 0 Å². The summed E-state index contributed by atoms with van der Waals surface area (Å²) in [6, 6.07) is 0. The van der Waals surface area contributed by atoms with Gasteiger partial charge in [0.25, 0.3) is 0 Å². The van der Waals surface area contributed by atoms with Crippen molar-refractivity contribution in [3.05, 3.63) is 0 Å². The molecule has 0 unspecified atom stereocenters. The van der Waals surface area contributed by atoms with E-state index < -0.39 is 0 Å². The van der Waals surface area contributed by atoms with Crippen molar-refractivity contribution in [2.24, 2.45) is 0 Å². The molecule has 0 saturated heterocycles. The van der Waals surface area contributed by atoms with Crippen LogP contribution in [0.25, 0.3) is 0 Å². The Bertz CT molecular complexity index is 11.6. The van der Waals surface area contributed by atoms with Crippen LogP contribution in [0.2, 0.25) is 0 Å². The van der Waals surface area contributed by atoms with Crippen LogP contribution >= 0.6 is 0 Å². The molecule has 0 bridgehead atoms. The Balaban J connectivity index is 0. The molecular formula is H10AlBaCaKO. The van der Waals surface area contributed by atoms with Crippen LogP contribution < -0.4 is 0 Å². The minimum atomic E-state index is 0. The number of hydrogen-bond donors (Lipinski definition) is 0. The number of hydrogen-bond acceptors (Lipinski definition) is 0. The summed E-state index contributed by atoms with van der Waals surface area (Å²) in [4.78, 5) is 0. The van der Waals surface area contributed by atoms with Crippen LogP contribution in [0, 0.1) is 0 Å². The standard InChI is InChI=1S/Al.Ba.Ca.K.H2O.8H/h;;;;1H2;;;;;;;;. The molecule has 0 radical (unpaired) electrons. The first kappa shape index (κ1) is 32.5. The van der Waals surface area contributed by atoms with Crippen molar-refractivity contribution in [2.75, 3.05) is 0 Å². The first-order valence-electron chi connectivity index (χ1n) is 0. The van der Waals surface area contributed by atoms with Crippen molar-refractivity contribution in [1.29, 1.82) is 0 Å². The van der Waals surface area contributed by atoms with Crippen molar-refractivity contribution in [1.82, 2.24) is 0 Å². The van der Waals surface area contributed by atoms with Crippen molar-refractivity contribution < 1.29 is 5.48 Å². The van der Waals surface area contributed by atoms with E-state index in [1.165, 1.54) is 0 Å². The van der Waals surface area contributed by atoms with E-state index >= 15 is 0 Å². The molecule has 1 nitrogen and oxygen atoms in total. The molecule has 0 amide bonds. The van der Waals surface area contributed by atoms with Gasteiger partial charge in [-0.05, 0) is 0 Å². The van der Waals surface area contributed by atoms with E-state index in [2.05, 4.69) is 0 Å². The molecule has 0 rings (SSSR count). The van der Waals surface area contributed by atoms with Crippen LogP contribution in [0.1, 0.15) is 0 Å². The van der Waals surface area contributed by atoms with Gasteiger partial charge in [-0.1, -0.05) is 0 Å². The molecule has 0 aliphatic heterocycles. The van der Waals surface area contributed by atoms with Gasteiger partial charge >= 0.3 is 138 Å². The molecule has 0 saturated carbocycles. The molecule has 0 aromatic heterocycles. The normalized spacial score (nSPS) is 0. The van der Waals surface area contributed by atoms with E-state index in [0.717, 1.165) is 0 Å². The molecule has 0 aromatic rings. The molecule has 0 aliphatic carbocycles.